The van der Waals surface area contributed by atoms with E-state index >= 15 is 0 Å². The normalized spacial score (nSPS) is 11.7. The Labute approximate surface area is 116 Å². The Morgan fingerprint density at radius 2 is 2.05 bits per heavy atom. The first-order valence-electron chi connectivity index (χ1n) is 5.93. The van der Waals surface area contributed by atoms with E-state index in [4.69, 9.17) is 10.8 Å². The minimum atomic E-state index is -1.04. The van der Waals surface area contributed by atoms with Gasteiger partial charge < -0.3 is 21.1 Å². The van der Waals surface area contributed by atoms with Crippen LogP contribution in [0.1, 0.15) is 13.3 Å². The predicted octanol–water partition coefficient (Wildman–Crippen LogP) is -0.884. The molecule has 0 aliphatic heterocycles. The zero-order chi connectivity index (χ0) is 14.8. The van der Waals surface area contributed by atoms with Crippen LogP contribution in [0.4, 0.5) is 0 Å². The summed E-state index contributed by atoms with van der Waals surface area (Å²) in [5.74, 6) is -0.651. The lowest BCUT2D eigenvalue weighted by molar-refractivity contribution is -0.148. The molecule has 0 aromatic carbocycles. The molecule has 7 nitrogen and oxygen atoms in total. The third-order valence-corrected chi connectivity index (χ3v) is 3.45. The number of carboxylic acids is 1. The predicted molar refractivity (Wildman–Crippen MR) is 73.9 cm³/mol. The molecule has 0 radical (unpaired) electrons. The lowest BCUT2D eigenvalue weighted by Gasteiger charge is -2.21. The van der Waals surface area contributed by atoms with Crippen molar-refractivity contribution in [3.05, 3.63) is 0 Å². The first-order valence-corrected chi connectivity index (χ1v) is 7.08. The van der Waals surface area contributed by atoms with Gasteiger partial charge >= 0.3 is 5.97 Å². The minimum Gasteiger partial charge on any atom is -0.480 e. The zero-order valence-electron chi connectivity index (χ0n) is 11.2. The highest BCUT2D eigenvalue weighted by molar-refractivity contribution is 7.99. The van der Waals surface area contributed by atoms with Crippen LogP contribution in [0, 0.1) is 0 Å². The lowest BCUT2D eigenvalue weighted by Crippen LogP contribution is -2.40. The number of thioether (sulfide) groups is 1. The molecule has 0 bridgehead atoms. The fourth-order valence-electron chi connectivity index (χ4n) is 1.14. The molecule has 0 spiro atoms. The summed E-state index contributed by atoms with van der Waals surface area (Å²) in [4.78, 5) is 34.7. The second-order valence-electron chi connectivity index (χ2n) is 3.96. The van der Waals surface area contributed by atoms with E-state index in [1.165, 1.54) is 30.6 Å². The van der Waals surface area contributed by atoms with E-state index in [1.807, 2.05) is 0 Å². The van der Waals surface area contributed by atoms with Gasteiger partial charge in [0.05, 0.1) is 5.75 Å². The second-order valence-corrected chi connectivity index (χ2v) is 5.07. The molecule has 1 atom stereocenters. The number of carbonyl (C=O) groups excluding carboxylic acids is 2. The lowest BCUT2D eigenvalue weighted by atomic mass is 10.3. The maximum absolute atomic E-state index is 11.6. The summed E-state index contributed by atoms with van der Waals surface area (Å²) in [5.41, 5.74) is 5.24. The molecule has 0 unspecified atom stereocenters. The summed E-state index contributed by atoms with van der Waals surface area (Å²) in [7, 11) is 1.46. The quantitative estimate of drug-likeness (QED) is 0.475. The van der Waals surface area contributed by atoms with E-state index < -0.39 is 12.0 Å². The number of nitrogens with one attached hydrogen (secondary N) is 1. The van der Waals surface area contributed by atoms with Gasteiger partial charge in [0.25, 0.3) is 0 Å². The van der Waals surface area contributed by atoms with Gasteiger partial charge in [-0.15, -0.1) is 0 Å². The molecule has 4 N–H and O–H groups in total. The topological polar surface area (TPSA) is 113 Å². The molecule has 0 aliphatic carbocycles. The maximum Gasteiger partial charge on any atom is 0.326 e. The Kier molecular flexibility index (Phi) is 8.98. The van der Waals surface area contributed by atoms with Crippen LogP contribution >= 0.6 is 11.8 Å². The van der Waals surface area contributed by atoms with Gasteiger partial charge in [-0.25, -0.2) is 4.79 Å². The average Bonchev–Trinajstić information content (AvgIpc) is 2.38. The van der Waals surface area contributed by atoms with Crippen LogP contribution in [0.3, 0.4) is 0 Å². The maximum atomic E-state index is 11.6. The highest BCUT2D eigenvalue weighted by atomic mass is 32.2. The van der Waals surface area contributed by atoms with Gasteiger partial charge in [-0.2, -0.15) is 11.8 Å². The minimum absolute atomic E-state index is 0.116. The van der Waals surface area contributed by atoms with E-state index in [9.17, 15) is 14.4 Å². The van der Waals surface area contributed by atoms with Crippen molar-refractivity contribution in [2.75, 3.05) is 31.6 Å². The molecular weight excluding hydrogens is 270 g/mol. The number of nitrogens with zero attached hydrogens (tertiary/aromatic N) is 1. The van der Waals surface area contributed by atoms with Crippen LogP contribution in [0.5, 0.6) is 0 Å². The molecule has 19 heavy (non-hydrogen) atoms. The van der Waals surface area contributed by atoms with Crippen LogP contribution in [0.15, 0.2) is 0 Å². The first-order chi connectivity index (χ1) is 8.90. The van der Waals surface area contributed by atoms with Crippen molar-refractivity contribution in [3.63, 3.8) is 0 Å². The molecule has 110 valence electrons. The number of carboxylic acid groups (broad SMARTS) is 1. The summed E-state index contributed by atoms with van der Waals surface area (Å²) in [6, 6.07) is -0.842. The summed E-state index contributed by atoms with van der Waals surface area (Å²) in [6.07, 6.45) is 0.211. The van der Waals surface area contributed by atoms with Gasteiger partial charge in [0.1, 0.15) is 6.04 Å². The van der Waals surface area contributed by atoms with Crippen LogP contribution in [-0.2, 0) is 14.4 Å². The van der Waals surface area contributed by atoms with Crippen molar-refractivity contribution in [1.82, 2.24) is 10.2 Å². The fourth-order valence-corrected chi connectivity index (χ4v) is 1.90. The molecule has 0 saturated carbocycles. The molecule has 8 heteroatoms. The van der Waals surface area contributed by atoms with E-state index in [-0.39, 0.29) is 24.0 Å². The molecule has 0 aliphatic rings. The van der Waals surface area contributed by atoms with Crippen molar-refractivity contribution in [3.8, 4) is 0 Å². The Morgan fingerprint density at radius 1 is 1.42 bits per heavy atom. The first kappa shape index (κ1) is 17.7. The van der Waals surface area contributed by atoms with Gasteiger partial charge in [-0.1, -0.05) is 0 Å². The monoisotopic (exact) mass is 291 g/mol. The van der Waals surface area contributed by atoms with E-state index in [2.05, 4.69) is 5.32 Å². The third-order valence-electron chi connectivity index (χ3n) is 2.49. The Bertz CT molecular complexity index is 325. The number of likely N-dealkylation sites (N-methyl/N-ethyl adjacent to an activating group) is 1. The number of carbonyl (C=O) groups is 3. The van der Waals surface area contributed by atoms with Crippen LogP contribution < -0.4 is 11.1 Å². The molecule has 0 saturated heterocycles. The summed E-state index contributed by atoms with van der Waals surface area (Å²) < 4.78 is 0. The van der Waals surface area contributed by atoms with Crippen LogP contribution in [0.25, 0.3) is 0 Å². The molecule has 2 amide bonds. The van der Waals surface area contributed by atoms with Gasteiger partial charge in [0.2, 0.25) is 11.8 Å². The van der Waals surface area contributed by atoms with Crippen LogP contribution in [0.2, 0.25) is 0 Å². The van der Waals surface area contributed by atoms with Gasteiger partial charge in [-0.05, 0) is 6.92 Å². The van der Waals surface area contributed by atoms with Crippen molar-refractivity contribution in [2.45, 2.75) is 19.4 Å². The second kappa shape index (κ2) is 9.62. The van der Waals surface area contributed by atoms with Crippen molar-refractivity contribution < 1.29 is 19.5 Å². The molecule has 0 aromatic rings. The van der Waals surface area contributed by atoms with Gasteiger partial charge in [0, 0.05) is 32.3 Å². The largest absolute Gasteiger partial charge is 0.480 e. The summed E-state index contributed by atoms with van der Waals surface area (Å²) in [6.45, 7) is 2.29. The smallest absolute Gasteiger partial charge is 0.326 e. The zero-order valence-corrected chi connectivity index (χ0v) is 12.0. The molecule has 0 fully saturated rings. The fraction of sp³-hybridized carbons (Fsp3) is 0.727. The Balaban J connectivity index is 3.80. The van der Waals surface area contributed by atoms with Crippen molar-refractivity contribution >= 4 is 29.5 Å². The third kappa shape index (κ3) is 7.68. The Morgan fingerprint density at radius 3 is 2.58 bits per heavy atom. The van der Waals surface area contributed by atoms with E-state index in [0.29, 0.717) is 18.8 Å². The van der Waals surface area contributed by atoms with Crippen molar-refractivity contribution in [2.24, 2.45) is 5.73 Å². The number of hydrogen-bond donors (Lipinski definition) is 3. The highest BCUT2D eigenvalue weighted by Crippen LogP contribution is 2.06. The van der Waals surface area contributed by atoms with Gasteiger partial charge in [0.15, 0.2) is 0 Å². The number of aliphatic carboxylic acids is 1. The summed E-state index contributed by atoms with van der Waals surface area (Å²) >= 11 is 1.33. The standard InChI is InChI=1S/C11H21N3O4S/c1-8(11(17)18)14(2)10(16)3-6-19-7-9(15)13-5-4-12/h8H,3-7,12H2,1-2H3,(H,13,15)(H,17,18)/t8-/m0/s1. The number of hydrogen-bond acceptors (Lipinski definition) is 5. The van der Waals surface area contributed by atoms with Crippen molar-refractivity contribution in [1.29, 1.82) is 0 Å². The van der Waals surface area contributed by atoms with E-state index in [0.717, 1.165) is 0 Å². The molecule has 0 heterocycles. The number of nitrogens with two attached hydrogens (primary N) is 1. The van der Waals surface area contributed by atoms with E-state index in [1.54, 1.807) is 0 Å². The SMILES string of the molecule is C[C@@H](C(=O)O)N(C)C(=O)CCSCC(=O)NCCN. The van der Waals surface area contributed by atoms with Crippen LogP contribution in [-0.4, -0.2) is 65.5 Å². The molecular formula is C11H21N3O4S. The molecule has 0 aromatic heterocycles. The molecule has 0 rings (SSSR count). The summed E-state index contributed by atoms with van der Waals surface area (Å²) in [5, 5.41) is 11.4. The Hall–Kier alpha value is -1.28. The van der Waals surface area contributed by atoms with Gasteiger partial charge in [-0.3, -0.25) is 9.59 Å². The highest BCUT2D eigenvalue weighted by Gasteiger charge is 2.21. The number of rotatable bonds is 9. The average molecular weight is 291 g/mol. The number of amides is 2.